The van der Waals surface area contributed by atoms with Crippen LogP contribution < -0.4 is 4.74 Å². The summed E-state index contributed by atoms with van der Waals surface area (Å²) in [5.41, 5.74) is 2.52. The van der Waals surface area contributed by atoms with Crippen molar-refractivity contribution in [2.45, 2.75) is 20.3 Å². The fraction of sp³-hybridized carbons (Fsp3) is 0.375. The highest BCUT2D eigenvalue weighted by Crippen LogP contribution is 2.29. The molecule has 0 radical (unpaired) electrons. The summed E-state index contributed by atoms with van der Waals surface area (Å²) in [7, 11) is 1.71. The van der Waals surface area contributed by atoms with E-state index < -0.39 is 0 Å². The van der Waals surface area contributed by atoms with Gasteiger partial charge in [-0.3, -0.25) is 0 Å². The van der Waals surface area contributed by atoms with E-state index in [2.05, 4.69) is 44.2 Å². The molecule has 0 aliphatic heterocycles. The van der Waals surface area contributed by atoms with Gasteiger partial charge < -0.3 is 9.47 Å². The molecular formula is C16H20O2. The van der Waals surface area contributed by atoms with E-state index in [1.807, 2.05) is 0 Å². The van der Waals surface area contributed by atoms with Crippen LogP contribution in [0.25, 0.3) is 10.8 Å². The number of hydrogen-bond acceptors (Lipinski definition) is 2. The number of methoxy groups -OCH3 is 1. The molecule has 0 amide bonds. The van der Waals surface area contributed by atoms with E-state index in [0.29, 0.717) is 6.61 Å². The first kappa shape index (κ1) is 12.9. The van der Waals surface area contributed by atoms with Crippen molar-refractivity contribution in [2.24, 2.45) is 0 Å². The van der Waals surface area contributed by atoms with Gasteiger partial charge in [0, 0.05) is 25.5 Å². The smallest absolute Gasteiger partial charge is 0.127 e. The molecule has 0 saturated carbocycles. The topological polar surface area (TPSA) is 18.5 Å². The minimum Gasteiger partial charge on any atom is -0.493 e. The molecule has 0 heterocycles. The first-order valence-electron chi connectivity index (χ1n) is 6.34. The SMILES string of the molecule is COCCCOc1cc(C)cc2c(C)cccc12. The van der Waals surface area contributed by atoms with Gasteiger partial charge in [-0.25, -0.2) is 0 Å². The quantitative estimate of drug-likeness (QED) is 0.743. The summed E-state index contributed by atoms with van der Waals surface area (Å²) in [5.74, 6) is 0.977. The van der Waals surface area contributed by atoms with Crippen LogP contribution in [0.5, 0.6) is 5.75 Å². The second-order valence-electron chi connectivity index (χ2n) is 4.63. The molecule has 0 atom stereocenters. The zero-order valence-corrected chi connectivity index (χ0v) is 11.3. The molecule has 0 spiro atoms. The van der Waals surface area contributed by atoms with Gasteiger partial charge in [-0.15, -0.1) is 0 Å². The molecule has 0 N–H and O–H groups in total. The Labute approximate surface area is 109 Å². The number of hydrogen-bond donors (Lipinski definition) is 0. The average molecular weight is 244 g/mol. The van der Waals surface area contributed by atoms with Crippen LogP contribution in [0.3, 0.4) is 0 Å². The Morgan fingerprint density at radius 3 is 2.61 bits per heavy atom. The summed E-state index contributed by atoms with van der Waals surface area (Å²) < 4.78 is 10.9. The Morgan fingerprint density at radius 2 is 1.83 bits per heavy atom. The van der Waals surface area contributed by atoms with E-state index in [1.165, 1.54) is 21.9 Å². The largest absolute Gasteiger partial charge is 0.493 e. The summed E-state index contributed by atoms with van der Waals surface area (Å²) in [6.07, 6.45) is 0.914. The van der Waals surface area contributed by atoms with Crippen LogP contribution in [-0.4, -0.2) is 20.3 Å². The lowest BCUT2D eigenvalue weighted by atomic mass is 10.0. The Hall–Kier alpha value is -1.54. The van der Waals surface area contributed by atoms with E-state index in [0.717, 1.165) is 18.8 Å². The Balaban J connectivity index is 2.29. The monoisotopic (exact) mass is 244 g/mol. The normalized spacial score (nSPS) is 10.8. The zero-order valence-electron chi connectivity index (χ0n) is 11.3. The predicted molar refractivity (Wildman–Crippen MR) is 75.4 cm³/mol. The highest BCUT2D eigenvalue weighted by molar-refractivity contribution is 5.91. The van der Waals surface area contributed by atoms with Crippen molar-refractivity contribution >= 4 is 10.8 Å². The van der Waals surface area contributed by atoms with Gasteiger partial charge in [-0.2, -0.15) is 0 Å². The van der Waals surface area contributed by atoms with E-state index in [4.69, 9.17) is 9.47 Å². The number of fused-ring (bicyclic) bond motifs is 1. The zero-order chi connectivity index (χ0) is 13.0. The first-order valence-corrected chi connectivity index (χ1v) is 6.34. The van der Waals surface area contributed by atoms with Crippen LogP contribution in [0, 0.1) is 13.8 Å². The van der Waals surface area contributed by atoms with Crippen LogP contribution in [0.15, 0.2) is 30.3 Å². The van der Waals surface area contributed by atoms with E-state index >= 15 is 0 Å². The Morgan fingerprint density at radius 1 is 1.00 bits per heavy atom. The Kier molecular flexibility index (Phi) is 4.21. The molecule has 2 rings (SSSR count). The third-order valence-electron chi connectivity index (χ3n) is 3.07. The fourth-order valence-corrected chi connectivity index (χ4v) is 2.15. The first-order chi connectivity index (χ1) is 8.72. The fourth-order valence-electron chi connectivity index (χ4n) is 2.15. The number of ether oxygens (including phenoxy) is 2. The molecule has 0 unspecified atom stereocenters. The number of rotatable bonds is 5. The summed E-state index contributed by atoms with van der Waals surface area (Å²) in [6, 6.07) is 10.7. The van der Waals surface area contributed by atoms with Crippen molar-refractivity contribution in [2.75, 3.05) is 20.3 Å². The third kappa shape index (κ3) is 2.82. The molecule has 96 valence electrons. The maximum atomic E-state index is 5.88. The van der Waals surface area contributed by atoms with Crippen LogP contribution in [-0.2, 0) is 4.74 Å². The molecule has 0 fully saturated rings. The molecule has 2 aromatic rings. The van der Waals surface area contributed by atoms with Crippen molar-refractivity contribution in [3.8, 4) is 5.75 Å². The van der Waals surface area contributed by atoms with Gasteiger partial charge in [-0.1, -0.05) is 24.3 Å². The van der Waals surface area contributed by atoms with Crippen LogP contribution in [0.1, 0.15) is 17.5 Å². The van der Waals surface area contributed by atoms with Gasteiger partial charge in [0.25, 0.3) is 0 Å². The molecule has 18 heavy (non-hydrogen) atoms. The predicted octanol–water partition coefficient (Wildman–Crippen LogP) is 3.87. The molecule has 0 saturated heterocycles. The highest BCUT2D eigenvalue weighted by Gasteiger charge is 2.05. The Bertz CT molecular complexity index is 532. The van der Waals surface area contributed by atoms with Gasteiger partial charge in [0.2, 0.25) is 0 Å². The molecule has 2 aromatic carbocycles. The second kappa shape index (κ2) is 5.87. The van der Waals surface area contributed by atoms with Crippen LogP contribution >= 0.6 is 0 Å². The summed E-state index contributed by atoms with van der Waals surface area (Å²) in [4.78, 5) is 0. The highest BCUT2D eigenvalue weighted by atomic mass is 16.5. The summed E-state index contributed by atoms with van der Waals surface area (Å²) in [6.45, 7) is 5.67. The van der Waals surface area contributed by atoms with Crippen LogP contribution in [0.2, 0.25) is 0 Å². The van der Waals surface area contributed by atoms with E-state index in [9.17, 15) is 0 Å². The summed E-state index contributed by atoms with van der Waals surface area (Å²) >= 11 is 0. The second-order valence-corrected chi connectivity index (χ2v) is 4.63. The molecule has 0 bridgehead atoms. The van der Waals surface area contributed by atoms with Gasteiger partial charge in [0.15, 0.2) is 0 Å². The molecule has 0 aliphatic carbocycles. The molecule has 2 nitrogen and oxygen atoms in total. The molecule has 2 heteroatoms. The number of aryl methyl sites for hydroxylation is 2. The molecule has 0 aliphatic rings. The maximum absolute atomic E-state index is 5.88. The minimum absolute atomic E-state index is 0.695. The number of benzene rings is 2. The maximum Gasteiger partial charge on any atom is 0.127 e. The van der Waals surface area contributed by atoms with Crippen molar-refractivity contribution in [3.05, 3.63) is 41.5 Å². The van der Waals surface area contributed by atoms with Gasteiger partial charge in [0.05, 0.1) is 6.61 Å². The van der Waals surface area contributed by atoms with Gasteiger partial charge >= 0.3 is 0 Å². The van der Waals surface area contributed by atoms with Crippen molar-refractivity contribution in [1.82, 2.24) is 0 Å². The van der Waals surface area contributed by atoms with Crippen molar-refractivity contribution < 1.29 is 9.47 Å². The molecular weight excluding hydrogens is 224 g/mol. The summed E-state index contributed by atoms with van der Waals surface area (Å²) in [5, 5.41) is 2.47. The molecule has 0 aromatic heterocycles. The lowest BCUT2D eigenvalue weighted by Crippen LogP contribution is -2.02. The lowest BCUT2D eigenvalue weighted by molar-refractivity contribution is 0.172. The van der Waals surface area contributed by atoms with Crippen molar-refractivity contribution in [1.29, 1.82) is 0 Å². The average Bonchev–Trinajstić information content (AvgIpc) is 2.36. The van der Waals surface area contributed by atoms with E-state index in [-0.39, 0.29) is 0 Å². The van der Waals surface area contributed by atoms with E-state index in [1.54, 1.807) is 7.11 Å². The van der Waals surface area contributed by atoms with Crippen LogP contribution in [0.4, 0.5) is 0 Å². The van der Waals surface area contributed by atoms with Gasteiger partial charge in [-0.05, 0) is 36.4 Å². The minimum atomic E-state index is 0.695. The van der Waals surface area contributed by atoms with Crippen molar-refractivity contribution in [3.63, 3.8) is 0 Å². The lowest BCUT2D eigenvalue weighted by Gasteiger charge is -2.12. The van der Waals surface area contributed by atoms with Gasteiger partial charge in [0.1, 0.15) is 5.75 Å². The standard InChI is InChI=1S/C16H20O2/c1-12-10-15-13(2)6-4-7-14(15)16(11-12)18-9-5-8-17-3/h4,6-7,10-11H,5,8-9H2,1-3H3. The third-order valence-corrected chi connectivity index (χ3v) is 3.07.